The maximum Gasteiger partial charge on any atom is 0.332 e. The van der Waals surface area contributed by atoms with Gasteiger partial charge >= 0.3 is 11.9 Å². The van der Waals surface area contributed by atoms with Crippen molar-refractivity contribution in [2.45, 2.75) is 110 Å². The number of carbonyl (C=O) groups excluding carboxylic acids is 2. The molecule has 38 heavy (non-hydrogen) atoms. The number of fused-ring (bicyclic) bond motifs is 4. The Hall–Kier alpha value is -1.18. The van der Waals surface area contributed by atoms with Crippen LogP contribution in [0.1, 0.15) is 98.3 Å². The number of esters is 2. The third-order valence-electron chi connectivity index (χ3n) is 10.5. The molecule has 0 aromatic rings. The summed E-state index contributed by atoms with van der Waals surface area (Å²) in [5.74, 6) is 2.84. The second kappa shape index (κ2) is 13.0. The predicted molar refractivity (Wildman–Crippen MR) is 144 cm³/mol. The van der Waals surface area contributed by atoms with Crippen molar-refractivity contribution in [2.75, 3.05) is 33.0 Å². The molecule has 0 aromatic heterocycles. The summed E-state index contributed by atoms with van der Waals surface area (Å²) in [6, 6.07) is 0. The summed E-state index contributed by atoms with van der Waals surface area (Å²) in [6.45, 7) is 7.89. The molecule has 4 rings (SSSR count). The van der Waals surface area contributed by atoms with Gasteiger partial charge < -0.3 is 24.1 Å². The van der Waals surface area contributed by atoms with E-state index in [2.05, 4.69) is 13.8 Å². The van der Waals surface area contributed by atoms with Gasteiger partial charge in [-0.3, -0.25) is 0 Å². The summed E-state index contributed by atoms with van der Waals surface area (Å²) in [7, 11) is 0. The number of aliphatic hydroxyl groups is 1. The quantitative estimate of drug-likeness (QED) is 0.338. The van der Waals surface area contributed by atoms with Crippen LogP contribution in [0.3, 0.4) is 0 Å². The molecule has 4 aliphatic carbocycles. The minimum absolute atomic E-state index is 0.0960. The predicted octanol–water partition coefficient (Wildman–Crippen LogP) is 5.31. The highest BCUT2D eigenvalue weighted by atomic mass is 16.6. The van der Waals surface area contributed by atoms with Crippen molar-refractivity contribution >= 4 is 11.9 Å². The molecule has 0 spiro atoms. The zero-order chi connectivity index (χ0) is 27.3. The Morgan fingerprint density at radius 2 is 1.47 bits per heavy atom. The molecule has 0 radical (unpaired) electrons. The van der Waals surface area contributed by atoms with E-state index >= 15 is 0 Å². The molecular weight excluding hydrogens is 484 g/mol. The van der Waals surface area contributed by atoms with E-state index in [0.717, 1.165) is 49.9 Å². The Bertz CT molecular complexity index is 787. The fourth-order valence-electron chi connectivity index (χ4n) is 8.02. The molecule has 7 nitrogen and oxygen atoms in total. The SMILES string of the molecule is CC(OC(=O)COCC(C)(CO)COCC(=O)OC1(C)C(C)CC2CCCC1C2)C1CC2CCCC(C2)C1. The number of aliphatic hydroxyl groups excluding tert-OH is 1. The summed E-state index contributed by atoms with van der Waals surface area (Å²) < 4.78 is 23.1. The monoisotopic (exact) mass is 536 g/mol. The average Bonchev–Trinajstić information content (AvgIpc) is 2.87. The van der Waals surface area contributed by atoms with Crippen molar-refractivity contribution in [3.05, 3.63) is 0 Å². The molecule has 7 heteroatoms. The topological polar surface area (TPSA) is 91.3 Å². The van der Waals surface area contributed by atoms with Gasteiger partial charge in [0.1, 0.15) is 24.9 Å². The molecule has 4 saturated carbocycles. The third-order valence-corrected chi connectivity index (χ3v) is 10.5. The fraction of sp³-hybridized carbons (Fsp3) is 0.935. The first-order chi connectivity index (χ1) is 18.1. The molecule has 0 aliphatic heterocycles. The largest absolute Gasteiger partial charge is 0.461 e. The second-order valence-electron chi connectivity index (χ2n) is 13.8. The molecule has 8 unspecified atom stereocenters. The van der Waals surface area contributed by atoms with Gasteiger partial charge in [-0.2, -0.15) is 0 Å². The maximum atomic E-state index is 12.7. The Labute approximate surface area is 229 Å². The van der Waals surface area contributed by atoms with Gasteiger partial charge in [-0.1, -0.05) is 46.0 Å². The fourth-order valence-corrected chi connectivity index (χ4v) is 8.02. The van der Waals surface area contributed by atoms with E-state index in [1.807, 2.05) is 13.8 Å². The van der Waals surface area contributed by atoms with Gasteiger partial charge in [0, 0.05) is 5.41 Å². The Kier molecular flexibility index (Phi) is 10.2. The van der Waals surface area contributed by atoms with Crippen molar-refractivity contribution < 1.29 is 33.6 Å². The van der Waals surface area contributed by atoms with Crippen LogP contribution >= 0.6 is 0 Å². The first-order valence-corrected chi connectivity index (χ1v) is 15.3. The van der Waals surface area contributed by atoms with Crippen molar-refractivity contribution in [3.63, 3.8) is 0 Å². The summed E-state index contributed by atoms with van der Waals surface area (Å²) in [6.07, 6.45) is 13.4. The van der Waals surface area contributed by atoms with Crippen LogP contribution in [-0.4, -0.2) is 61.8 Å². The lowest BCUT2D eigenvalue weighted by atomic mass is 9.60. The number of hydrogen-bond acceptors (Lipinski definition) is 7. The lowest BCUT2D eigenvalue weighted by Crippen LogP contribution is -2.51. The zero-order valence-corrected chi connectivity index (χ0v) is 24.3. The van der Waals surface area contributed by atoms with Crippen LogP contribution in [0.15, 0.2) is 0 Å². The summed E-state index contributed by atoms with van der Waals surface area (Å²) >= 11 is 0. The summed E-state index contributed by atoms with van der Waals surface area (Å²) in [5, 5.41) is 9.95. The number of hydrogen-bond donors (Lipinski definition) is 1. The van der Waals surface area contributed by atoms with Crippen LogP contribution in [0.25, 0.3) is 0 Å². The van der Waals surface area contributed by atoms with Crippen LogP contribution in [-0.2, 0) is 28.5 Å². The van der Waals surface area contributed by atoms with Crippen molar-refractivity contribution in [1.82, 2.24) is 0 Å². The molecule has 0 saturated heterocycles. The van der Waals surface area contributed by atoms with Crippen LogP contribution in [0.5, 0.6) is 0 Å². The van der Waals surface area contributed by atoms with Crippen molar-refractivity contribution in [1.29, 1.82) is 0 Å². The zero-order valence-electron chi connectivity index (χ0n) is 24.3. The summed E-state index contributed by atoms with van der Waals surface area (Å²) in [5.41, 5.74) is -1.17. The van der Waals surface area contributed by atoms with E-state index in [9.17, 15) is 14.7 Å². The molecular formula is C31H52O7. The molecule has 4 aliphatic rings. The van der Waals surface area contributed by atoms with Crippen LogP contribution in [0.2, 0.25) is 0 Å². The first kappa shape index (κ1) is 29.8. The second-order valence-corrected chi connectivity index (χ2v) is 13.8. The summed E-state index contributed by atoms with van der Waals surface area (Å²) in [4.78, 5) is 25.1. The van der Waals surface area contributed by atoms with E-state index in [0.29, 0.717) is 17.8 Å². The minimum atomic E-state index is -0.731. The van der Waals surface area contributed by atoms with E-state index < -0.39 is 11.0 Å². The van der Waals surface area contributed by atoms with Gasteiger partial charge in [0.15, 0.2) is 0 Å². The molecule has 0 heterocycles. The van der Waals surface area contributed by atoms with Gasteiger partial charge in [0.05, 0.1) is 19.8 Å². The lowest BCUT2D eigenvalue weighted by molar-refractivity contribution is -0.188. The van der Waals surface area contributed by atoms with E-state index in [4.69, 9.17) is 18.9 Å². The Morgan fingerprint density at radius 3 is 2.11 bits per heavy atom. The smallest absolute Gasteiger partial charge is 0.332 e. The normalized spacial score (nSPS) is 37.1. The highest BCUT2D eigenvalue weighted by Crippen LogP contribution is 2.50. The molecule has 8 atom stereocenters. The lowest BCUT2D eigenvalue weighted by Gasteiger charge is -2.50. The number of ether oxygens (including phenoxy) is 4. The van der Waals surface area contributed by atoms with Crippen LogP contribution < -0.4 is 0 Å². The van der Waals surface area contributed by atoms with Crippen LogP contribution in [0.4, 0.5) is 0 Å². The molecule has 4 bridgehead atoms. The standard InChI is InChI=1S/C31H52O7/c1-21-11-23-9-6-10-27(15-23)31(21,4)38-29(34)17-36-20-30(3,18-32)19-35-16-28(33)37-22(2)26-13-24-7-5-8-25(12-24)14-26/h21-27,32H,5-20H2,1-4H3. The Morgan fingerprint density at radius 1 is 0.895 bits per heavy atom. The van der Waals surface area contributed by atoms with E-state index in [1.165, 1.54) is 38.5 Å². The van der Waals surface area contributed by atoms with Crippen molar-refractivity contribution in [2.24, 2.45) is 40.9 Å². The molecule has 218 valence electrons. The average molecular weight is 537 g/mol. The number of carbonyl (C=O) groups is 2. The highest BCUT2D eigenvalue weighted by Gasteiger charge is 2.49. The highest BCUT2D eigenvalue weighted by molar-refractivity contribution is 5.71. The maximum absolute atomic E-state index is 12.7. The molecule has 0 aromatic carbocycles. The van der Waals surface area contributed by atoms with Gasteiger partial charge in [-0.15, -0.1) is 0 Å². The minimum Gasteiger partial charge on any atom is -0.461 e. The van der Waals surface area contributed by atoms with Crippen molar-refractivity contribution in [3.8, 4) is 0 Å². The molecule has 4 fully saturated rings. The Balaban J connectivity index is 1.14. The van der Waals surface area contributed by atoms with Gasteiger partial charge in [0.25, 0.3) is 0 Å². The van der Waals surface area contributed by atoms with Gasteiger partial charge in [-0.05, 0) is 87.9 Å². The molecule has 0 amide bonds. The van der Waals surface area contributed by atoms with Crippen LogP contribution in [0, 0.1) is 40.9 Å². The first-order valence-electron chi connectivity index (χ1n) is 15.3. The molecule has 1 N–H and O–H groups in total. The van der Waals surface area contributed by atoms with Gasteiger partial charge in [0.2, 0.25) is 0 Å². The van der Waals surface area contributed by atoms with E-state index in [-0.39, 0.29) is 51.1 Å². The van der Waals surface area contributed by atoms with E-state index in [1.54, 1.807) is 0 Å². The third kappa shape index (κ3) is 7.51. The number of rotatable bonds is 12. The van der Waals surface area contributed by atoms with Gasteiger partial charge in [-0.25, -0.2) is 9.59 Å².